The summed E-state index contributed by atoms with van der Waals surface area (Å²) in [6, 6.07) is 5.18. The first-order chi connectivity index (χ1) is 8.21. The van der Waals surface area contributed by atoms with Crippen LogP contribution in [-0.4, -0.2) is 22.5 Å². The summed E-state index contributed by atoms with van der Waals surface area (Å²) < 4.78 is 1.51. The molecule has 0 heterocycles. The molecule has 1 rings (SSSR count). The molecule has 0 aromatic heterocycles. The van der Waals surface area contributed by atoms with Gasteiger partial charge in [0, 0.05) is 14.5 Å². The first kappa shape index (κ1) is 15.2. The Morgan fingerprint density at radius 2 is 1.94 bits per heavy atom. The molecule has 1 aromatic carbocycles. The SMILES string of the molecule is CC(C)(CC(=O)O)NC(=O)c1ccc(Br)cc1Br. The minimum atomic E-state index is -0.949. The van der Waals surface area contributed by atoms with Crippen LogP contribution in [0.5, 0.6) is 0 Å². The van der Waals surface area contributed by atoms with Crippen LogP contribution < -0.4 is 5.32 Å². The fourth-order valence-electron chi connectivity index (χ4n) is 1.47. The Labute approximate surface area is 122 Å². The zero-order valence-corrected chi connectivity index (χ0v) is 13.1. The molecule has 0 saturated carbocycles. The van der Waals surface area contributed by atoms with E-state index in [0.29, 0.717) is 10.0 Å². The Hall–Kier alpha value is -0.880. The quantitative estimate of drug-likeness (QED) is 0.845. The molecule has 0 aliphatic heterocycles. The molecule has 0 saturated heterocycles. The molecule has 6 heteroatoms. The van der Waals surface area contributed by atoms with Gasteiger partial charge in [-0.05, 0) is 48.0 Å². The van der Waals surface area contributed by atoms with E-state index in [1.54, 1.807) is 32.0 Å². The van der Waals surface area contributed by atoms with Crippen molar-refractivity contribution in [1.82, 2.24) is 5.32 Å². The molecule has 0 radical (unpaired) electrons. The van der Waals surface area contributed by atoms with Gasteiger partial charge in [0.05, 0.1) is 12.0 Å². The van der Waals surface area contributed by atoms with Crippen molar-refractivity contribution in [3.8, 4) is 0 Å². The topological polar surface area (TPSA) is 66.4 Å². The fourth-order valence-corrected chi connectivity index (χ4v) is 2.70. The van der Waals surface area contributed by atoms with Gasteiger partial charge in [-0.3, -0.25) is 9.59 Å². The number of carbonyl (C=O) groups is 2. The highest BCUT2D eigenvalue weighted by Crippen LogP contribution is 2.22. The van der Waals surface area contributed by atoms with Gasteiger partial charge in [-0.2, -0.15) is 0 Å². The normalized spacial score (nSPS) is 11.1. The first-order valence-corrected chi connectivity index (χ1v) is 6.79. The fraction of sp³-hybridized carbons (Fsp3) is 0.333. The third-order valence-corrected chi connectivity index (χ3v) is 3.37. The lowest BCUT2D eigenvalue weighted by atomic mass is 10.00. The molecule has 0 atom stereocenters. The Morgan fingerprint density at radius 3 is 2.44 bits per heavy atom. The molecular weight excluding hydrogens is 366 g/mol. The van der Waals surface area contributed by atoms with E-state index in [0.717, 1.165) is 4.47 Å². The van der Waals surface area contributed by atoms with Gasteiger partial charge < -0.3 is 10.4 Å². The van der Waals surface area contributed by atoms with E-state index in [1.807, 2.05) is 0 Å². The minimum absolute atomic E-state index is 0.132. The molecule has 0 fully saturated rings. The van der Waals surface area contributed by atoms with E-state index in [-0.39, 0.29) is 12.3 Å². The Balaban J connectivity index is 2.85. The predicted molar refractivity (Wildman–Crippen MR) is 75.6 cm³/mol. The average molecular weight is 379 g/mol. The lowest BCUT2D eigenvalue weighted by molar-refractivity contribution is -0.138. The second-order valence-electron chi connectivity index (χ2n) is 4.53. The zero-order chi connectivity index (χ0) is 13.9. The van der Waals surface area contributed by atoms with Gasteiger partial charge in [-0.1, -0.05) is 15.9 Å². The maximum atomic E-state index is 12.0. The van der Waals surface area contributed by atoms with Crippen LogP contribution in [0.3, 0.4) is 0 Å². The third kappa shape index (κ3) is 4.42. The van der Waals surface area contributed by atoms with E-state index in [4.69, 9.17) is 5.11 Å². The molecule has 1 aromatic rings. The van der Waals surface area contributed by atoms with Crippen molar-refractivity contribution < 1.29 is 14.7 Å². The number of hydrogen-bond donors (Lipinski definition) is 2. The molecule has 0 unspecified atom stereocenters. The monoisotopic (exact) mass is 377 g/mol. The smallest absolute Gasteiger partial charge is 0.305 e. The second-order valence-corrected chi connectivity index (χ2v) is 6.30. The molecule has 4 nitrogen and oxygen atoms in total. The Kier molecular flexibility index (Phi) is 4.92. The number of hydrogen-bond acceptors (Lipinski definition) is 2. The van der Waals surface area contributed by atoms with Crippen LogP contribution in [0, 0.1) is 0 Å². The van der Waals surface area contributed by atoms with Crippen molar-refractivity contribution in [3.05, 3.63) is 32.7 Å². The van der Waals surface area contributed by atoms with Crippen LogP contribution in [-0.2, 0) is 4.79 Å². The van der Waals surface area contributed by atoms with Crippen LogP contribution in [0.25, 0.3) is 0 Å². The first-order valence-electron chi connectivity index (χ1n) is 5.20. The van der Waals surface area contributed by atoms with E-state index in [1.165, 1.54) is 0 Å². The van der Waals surface area contributed by atoms with Gasteiger partial charge in [0.2, 0.25) is 0 Å². The number of halogens is 2. The van der Waals surface area contributed by atoms with Gasteiger partial charge in [0.1, 0.15) is 0 Å². The predicted octanol–water partition coefficient (Wildman–Crippen LogP) is 3.19. The van der Waals surface area contributed by atoms with Crippen molar-refractivity contribution in [2.45, 2.75) is 25.8 Å². The standard InChI is InChI=1S/C12H13Br2NO3/c1-12(2,6-10(16)17)15-11(18)8-4-3-7(13)5-9(8)14/h3-5H,6H2,1-2H3,(H,15,18)(H,16,17). The molecule has 18 heavy (non-hydrogen) atoms. The van der Waals surface area contributed by atoms with Crippen molar-refractivity contribution in [1.29, 1.82) is 0 Å². The lowest BCUT2D eigenvalue weighted by Gasteiger charge is -2.24. The van der Waals surface area contributed by atoms with Gasteiger partial charge in [-0.25, -0.2) is 0 Å². The number of rotatable bonds is 4. The van der Waals surface area contributed by atoms with Crippen LogP contribution >= 0.6 is 31.9 Å². The highest BCUT2D eigenvalue weighted by Gasteiger charge is 2.25. The summed E-state index contributed by atoms with van der Waals surface area (Å²) in [7, 11) is 0. The largest absolute Gasteiger partial charge is 0.481 e. The molecule has 0 bridgehead atoms. The zero-order valence-electron chi connectivity index (χ0n) is 9.96. The highest BCUT2D eigenvalue weighted by molar-refractivity contribution is 9.11. The number of aliphatic carboxylic acids is 1. The summed E-state index contributed by atoms with van der Waals surface area (Å²) in [6.45, 7) is 3.34. The average Bonchev–Trinajstić information content (AvgIpc) is 2.13. The van der Waals surface area contributed by atoms with Gasteiger partial charge in [-0.15, -0.1) is 0 Å². The van der Waals surface area contributed by atoms with Crippen molar-refractivity contribution >= 4 is 43.7 Å². The summed E-state index contributed by atoms with van der Waals surface area (Å²) in [6.07, 6.45) is -0.132. The Bertz CT molecular complexity index is 486. The van der Waals surface area contributed by atoms with Crippen LogP contribution in [0.15, 0.2) is 27.1 Å². The van der Waals surface area contributed by atoms with E-state index < -0.39 is 11.5 Å². The Morgan fingerprint density at radius 1 is 1.33 bits per heavy atom. The molecule has 1 amide bonds. The molecular formula is C12H13Br2NO3. The lowest BCUT2D eigenvalue weighted by Crippen LogP contribution is -2.45. The van der Waals surface area contributed by atoms with Crippen LogP contribution in [0.2, 0.25) is 0 Å². The number of carboxylic acid groups (broad SMARTS) is 1. The van der Waals surface area contributed by atoms with Crippen LogP contribution in [0.1, 0.15) is 30.6 Å². The van der Waals surface area contributed by atoms with Crippen molar-refractivity contribution in [2.24, 2.45) is 0 Å². The minimum Gasteiger partial charge on any atom is -0.481 e. The third-order valence-electron chi connectivity index (χ3n) is 2.22. The van der Waals surface area contributed by atoms with E-state index in [2.05, 4.69) is 37.2 Å². The van der Waals surface area contributed by atoms with E-state index in [9.17, 15) is 9.59 Å². The molecule has 0 aliphatic rings. The molecule has 2 N–H and O–H groups in total. The summed E-state index contributed by atoms with van der Waals surface area (Å²) in [4.78, 5) is 22.7. The molecule has 0 aliphatic carbocycles. The summed E-state index contributed by atoms with van der Waals surface area (Å²) >= 11 is 6.60. The highest BCUT2D eigenvalue weighted by atomic mass is 79.9. The summed E-state index contributed by atoms with van der Waals surface area (Å²) in [5, 5.41) is 11.5. The van der Waals surface area contributed by atoms with Gasteiger partial charge in [0.25, 0.3) is 5.91 Å². The molecule has 0 spiro atoms. The summed E-state index contributed by atoms with van der Waals surface area (Å²) in [5.74, 6) is -1.25. The summed E-state index contributed by atoms with van der Waals surface area (Å²) in [5.41, 5.74) is -0.327. The van der Waals surface area contributed by atoms with Crippen molar-refractivity contribution in [3.63, 3.8) is 0 Å². The number of amides is 1. The number of benzene rings is 1. The number of carbonyl (C=O) groups excluding carboxylic acids is 1. The molecule has 98 valence electrons. The van der Waals surface area contributed by atoms with Gasteiger partial charge in [0.15, 0.2) is 0 Å². The van der Waals surface area contributed by atoms with E-state index >= 15 is 0 Å². The number of nitrogens with one attached hydrogen (secondary N) is 1. The maximum absolute atomic E-state index is 12.0. The van der Waals surface area contributed by atoms with Crippen LogP contribution in [0.4, 0.5) is 0 Å². The van der Waals surface area contributed by atoms with Crippen molar-refractivity contribution in [2.75, 3.05) is 0 Å². The second kappa shape index (κ2) is 5.84. The van der Waals surface area contributed by atoms with Gasteiger partial charge >= 0.3 is 5.97 Å². The number of carboxylic acids is 1. The maximum Gasteiger partial charge on any atom is 0.305 e.